The fourth-order valence-electron chi connectivity index (χ4n) is 0.846. The van der Waals surface area contributed by atoms with Crippen LogP contribution in [0.4, 0.5) is 8.78 Å². The molecule has 0 atom stereocenters. The Bertz CT molecular complexity index is 74.2. The first-order valence-electron chi connectivity index (χ1n) is 4.11. The van der Waals surface area contributed by atoms with Crippen LogP contribution in [-0.2, 0) is 0 Å². The topological polar surface area (TPSA) is 12.0 Å². The highest BCUT2D eigenvalue weighted by atomic mass is 19.3. The van der Waals surface area contributed by atoms with Crippen molar-refractivity contribution in [3.8, 4) is 0 Å². The Morgan fingerprint density at radius 3 is 2.36 bits per heavy atom. The maximum atomic E-state index is 11.6. The van der Waals surface area contributed by atoms with E-state index in [0.29, 0.717) is 12.5 Å². The standard InChI is InChI=1S/C8H17F2N/c1-7(2)4-3-5-11-6-8(9)10/h7-8,11H,3-6H2,1-2H3. The predicted molar refractivity (Wildman–Crippen MR) is 42.9 cm³/mol. The number of halogens is 2. The van der Waals surface area contributed by atoms with Crippen molar-refractivity contribution in [1.82, 2.24) is 5.32 Å². The zero-order chi connectivity index (χ0) is 8.69. The van der Waals surface area contributed by atoms with Crippen molar-refractivity contribution in [3.63, 3.8) is 0 Å². The Morgan fingerprint density at radius 1 is 1.27 bits per heavy atom. The van der Waals surface area contributed by atoms with Crippen molar-refractivity contribution >= 4 is 0 Å². The van der Waals surface area contributed by atoms with Crippen molar-refractivity contribution in [3.05, 3.63) is 0 Å². The lowest BCUT2D eigenvalue weighted by molar-refractivity contribution is 0.146. The van der Waals surface area contributed by atoms with Gasteiger partial charge in [-0.2, -0.15) is 0 Å². The van der Waals surface area contributed by atoms with Gasteiger partial charge < -0.3 is 5.32 Å². The van der Waals surface area contributed by atoms with Crippen LogP contribution in [0.3, 0.4) is 0 Å². The van der Waals surface area contributed by atoms with E-state index in [1.807, 2.05) is 0 Å². The van der Waals surface area contributed by atoms with Crippen LogP contribution in [0.15, 0.2) is 0 Å². The fraction of sp³-hybridized carbons (Fsp3) is 1.00. The van der Waals surface area contributed by atoms with E-state index in [4.69, 9.17) is 0 Å². The third-order valence-corrected chi connectivity index (χ3v) is 1.43. The number of alkyl halides is 2. The molecule has 0 aliphatic carbocycles. The van der Waals surface area contributed by atoms with E-state index in [-0.39, 0.29) is 6.54 Å². The molecule has 0 fully saturated rings. The maximum absolute atomic E-state index is 11.6. The first kappa shape index (κ1) is 10.8. The van der Waals surface area contributed by atoms with Crippen molar-refractivity contribution < 1.29 is 8.78 Å². The average molecular weight is 165 g/mol. The number of nitrogens with one attached hydrogen (secondary N) is 1. The zero-order valence-corrected chi connectivity index (χ0v) is 7.24. The third kappa shape index (κ3) is 9.82. The summed E-state index contributed by atoms with van der Waals surface area (Å²) in [7, 11) is 0. The molecule has 0 unspecified atom stereocenters. The van der Waals surface area contributed by atoms with Crippen LogP contribution in [0, 0.1) is 5.92 Å². The van der Waals surface area contributed by atoms with Crippen molar-refractivity contribution in [2.75, 3.05) is 13.1 Å². The van der Waals surface area contributed by atoms with Gasteiger partial charge in [0.2, 0.25) is 0 Å². The van der Waals surface area contributed by atoms with Gasteiger partial charge in [0.05, 0.1) is 6.54 Å². The maximum Gasteiger partial charge on any atom is 0.250 e. The van der Waals surface area contributed by atoms with Crippen LogP contribution in [0.1, 0.15) is 26.7 Å². The summed E-state index contributed by atoms with van der Waals surface area (Å²) in [6, 6.07) is 0. The molecule has 0 aliphatic heterocycles. The lowest BCUT2D eigenvalue weighted by Gasteiger charge is -2.05. The van der Waals surface area contributed by atoms with Crippen molar-refractivity contribution in [2.24, 2.45) is 5.92 Å². The summed E-state index contributed by atoms with van der Waals surface area (Å²) in [4.78, 5) is 0. The highest BCUT2D eigenvalue weighted by Gasteiger charge is 1.99. The average Bonchev–Trinajstić information content (AvgIpc) is 1.85. The van der Waals surface area contributed by atoms with Gasteiger partial charge in [-0.3, -0.25) is 0 Å². The van der Waals surface area contributed by atoms with E-state index >= 15 is 0 Å². The number of hydrogen-bond donors (Lipinski definition) is 1. The van der Waals surface area contributed by atoms with Gasteiger partial charge in [0.15, 0.2) is 0 Å². The van der Waals surface area contributed by atoms with Crippen LogP contribution in [0.5, 0.6) is 0 Å². The third-order valence-electron chi connectivity index (χ3n) is 1.43. The molecule has 1 N–H and O–H groups in total. The summed E-state index contributed by atoms with van der Waals surface area (Å²) in [5, 5.41) is 2.69. The second kappa shape index (κ2) is 6.53. The molecule has 0 aromatic rings. The smallest absolute Gasteiger partial charge is 0.250 e. The molecule has 1 nitrogen and oxygen atoms in total. The molecular formula is C8H17F2N. The minimum atomic E-state index is -2.21. The fourth-order valence-corrected chi connectivity index (χ4v) is 0.846. The molecule has 3 heteroatoms. The molecule has 0 bridgehead atoms. The van der Waals surface area contributed by atoms with Crippen molar-refractivity contribution in [2.45, 2.75) is 33.1 Å². The predicted octanol–water partition coefficient (Wildman–Crippen LogP) is 2.28. The van der Waals surface area contributed by atoms with E-state index in [0.717, 1.165) is 12.8 Å². The largest absolute Gasteiger partial charge is 0.311 e. The summed E-state index contributed by atoms with van der Waals surface area (Å²) in [5.41, 5.74) is 0. The van der Waals surface area contributed by atoms with Crippen LogP contribution >= 0.6 is 0 Å². The van der Waals surface area contributed by atoms with Crippen LogP contribution < -0.4 is 5.32 Å². The van der Waals surface area contributed by atoms with Gasteiger partial charge in [0, 0.05) is 0 Å². The molecule has 0 amide bonds. The molecule has 0 aromatic heterocycles. The number of hydrogen-bond acceptors (Lipinski definition) is 1. The quantitative estimate of drug-likeness (QED) is 0.595. The van der Waals surface area contributed by atoms with E-state index in [2.05, 4.69) is 19.2 Å². The zero-order valence-electron chi connectivity index (χ0n) is 7.24. The molecule has 0 heterocycles. The Morgan fingerprint density at radius 2 is 1.91 bits per heavy atom. The van der Waals surface area contributed by atoms with Gasteiger partial charge in [-0.1, -0.05) is 13.8 Å². The molecule has 0 saturated carbocycles. The SMILES string of the molecule is CC(C)CCCNCC(F)F. The molecule has 0 spiro atoms. The Balaban J connectivity index is 2.91. The molecular weight excluding hydrogens is 148 g/mol. The minimum absolute atomic E-state index is 0.169. The van der Waals surface area contributed by atoms with E-state index in [1.165, 1.54) is 0 Å². The summed E-state index contributed by atoms with van der Waals surface area (Å²) >= 11 is 0. The normalized spacial score (nSPS) is 11.5. The molecule has 0 radical (unpaired) electrons. The Hall–Kier alpha value is -0.180. The van der Waals surface area contributed by atoms with Gasteiger partial charge in [0.25, 0.3) is 6.43 Å². The van der Waals surface area contributed by atoms with Gasteiger partial charge in [-0.25, -0.2) is 8.78 Å². The first-order valence-corrected chi connectivity index (χ1v) is 4.11. The van der Waals surface area contributed by atoms with E-state index in [1.54, 1.807) is 0 Å². The van der Waals surface area contributed by atoms with Crippen LogP contribution in [0.2, 0.25) is 0 Å². The second-order valence-electron chi connectivity index (χ2n) is 3.13. The lowest BCUT2D eigenvalue weighted by atomic mass is 10.1. The van der Waals surface area contributed by atoms with Crippen LogP contribution in [0.25, 0.3) is 0 Å². The summed E-state index contributed by atoms with van der Waals surface area (Å²) in [6.07, 6.45) is -0.116. The van der Waals surface area contributed by atoms with Crippen LogP contribution in [-0.4, -0.2) is 19.5 Å². The first-order chi connectivity index (χ1) is 5.13. The Kier molecular flexibility index (Phi) is 6.42. The van der Waals surface area contributed by atoms with Gasteiger partial charge in [-0.05, 0) is 25.3 Å². The van der Waals surface area contributed by atoms with E-state index < -0.39 is 6.43 Å². The van der Waals surface area contributed by atoms with Gasteiger partial charge in [0.1, 0.15) is 0 Å². The molecule has 0 saturated heterocycles. The summed E-state index contributed by atoms with van der Waals surface area (Å²) in [6.45, 7) is 4.81. The van der Waals surface area contributed by atoms with Crippen molar-refractivity contribution in [1.29, 1.82) is 0 Å². The molecule has 0 rings (SSSR count). The lowest BCUT2D eigenvalue weighted by Crippen LogP contribution is -2.22. The number of rotatable bonds is 6. The van der Waals surface area contributed by atoms with Gasteiger partial charge in [-0.15, -0.1) is 0 Å². The summed E-state index contributed by atoms with van der Waals surface area (Å²) < 4.78 is 23.1. The minimum Gasteiger partial charge on any atom is -0.311 e. The highest BCUT2D eigenvalue weighted by Crippen LogP contribution is 2.01. The molecule has 0 aliphatic rings. The molecule has 11 heavy (non-hydrogen) atoms. The molecule has 68 valence electrons. The highest BCUT2D eigenvalue weighted by molar-refractivity contribution is 4.51. The van der Waals surface area contributed by atoms with E-state index in [9.17, 15) is 8.78 Å². The molecule has 0 aromatic carbocycles. The Labute approximate surface area is 67.2 Å². The van der Waals surface area contributed by atoms with Gasteiger partial charge >= 0.3 is 0 Å². The second-order valence-corrected chi connectivity index (χ2v) is 3.13. The summed E-state index contributed by atoms with van der Waals surface area (Å²) in [5.74, 6) is 0.670. The monoisotopic (exact) mass is 165 g/mol.